The smallest absolute Gasteiger partial charge is 0.154 e. The highest BCUT2D eigenvalue weighted by Crippen LogP contribution is 2.29. The van der Waals surface area contributed by atoms with Crippen LogP contribution in [0.5, 0.6) is 0 Å². The number of hydrogen-bond acceptors (Lipinski definition) is 4. The molecule has 0 saturated heterocycles. The molecule has 2 aromatic carbocycles. The van der Waals surface area contributed by atoms with Gasteiger partial charge in [-0.25, -0.2) is 14.4 Å². The van der Waals surface area contributed by atoms with Gasteiger partial charge in [-0.2, -0.15) is 0 Å². The summed E-state index contributed by atoms with van der Waals surface area (Å²) in [5.74, 6) is 2.47. The van der Waals surface area contributed by atoms with Gasteiger partial charge in [-0.1, -0.05) is 36.8 Å². The Kier molecular flexibility index (Phi) is 6.15. The molecule has 150 valence electrons. The summed E-state index contributed by atoms with van der Waals surface area (Å²) >= 11 is 0. The molecule has 1 heterocycles. The van der Waals surface area contributed by atoms with E-state index in [1.54, 1.807) is 6.07 Å². The van der Waals surface area contributed by atoms with Gasteiger partial charge in [0.1, 0.15) is 11.6 Å². The Bertz CT molecular complexity index is 1000. The van der Waals surface area contributed by atoms with E-state index in [4.69, 9.17) is 10.7 Å². The van der Waals surface area contributed by atoms with Crippen molar-refractivity contribution in [1.82, 2.24) is 9.97 Å². The van der Waals surface area contributed by atoms with E-state index in [0.717, 1.165) is 35.4 Å². The third-order valence-electron chi connectivity index (χ3n) is 5.68. The number of fused-ring (bicyclic) bond motifs is 1. The van der Waals surface area contributed by atoms with Gasteiger partial charge in [0.15, 0.2) is 5.82 Å². The summed E-state index contributed by atoms with van der Waals surface area (Å²) in [5.41, 5.74) is 7.56. The highest BCUT2D eigenvalue weighted by molar-refractivity contribution is 5.90. The molecule has 0 bridgehead atoms. The van der Waals surface area contributed by atoms with Crippen LogP contribution in [0.3, 0.4) is 0 Å². The van der Waals surface area contributed by atoms with Crippen LogP contribution in [0.25, 0.3) is 23.1 Å². The van der Waals surface area contributed by atoms with Crippen molar-refractivity contribution in [2.24, 2.45) is 17.6 Å². The molecule has 0 radical (unpaired) electrons. The lowest BCUT2D eigenvalue weighted by atomic mass is 9.81. The van der Waals surface area contributed by atoms with Gasteiger partial charge in [-0.15, -0.1) is 0 Å². The zero-order valence-electron chi connectivity index (χ0n) is 16.5. The first kappa shape index (κ1) is 19.5. The predicted molar refractivity (Wildman–Crippen MR) is 118 cm³/mol. The maximum atomic E-state index is 13.4. The second-order valence-electron chi connectivity index (χ2n) is 7.85. The first-order valence-corrected chi connectivity index (χ1v) is 10.4. The van der Waals surface area contributed by atoms with Crippen LogP contribution in [0, 0.1) is 17.7 Å². The minimum Gasteiger partial charge on any atom is -0.369 e. The Hall–Kier alpha value is -2.79. The van der Waals surface area contributed by atoms with Gasteiger partial charge >= 0.3 is 0 Å². The number of nitrogens with zero attached hydrogens (tertiary/aromatic N) is 2. The van der Waals surface area contributed by atoms with Gasteiger partial charge in [-0.3, -0.25) is 0 Å². The lowest BCUT2D eigenvalue weighted by Gasteiger charge is -2.28. The summed E-state index contributed by atoms with van der Waals surface area (Å²) in [5, 5.41) is 4.58. The monoisotopic (exact) mass is 390 g/mol. The van der Waals surface area contributed by atoms with E-state index < -0.39 is 0 Å². The maximum absolute atomic E-state index is 13.4. The van der Waals surface area contributed by atoms with E-state index in [1.807, 2.05) is 42.5 Å². The molecule has 3 aromatic rings. The molecule has 29 heavy (non-hydrogen) atoms. The number of rotatable bonds is 6. The zero-order chi connectivity index (χ0) is 20.1. The average Bonchev–Trinajstić information content (AvgIpc) is 2.76. The molecular formula is C24H27FN4. The van der Waals surface area contributed by atoms with E-state index in [1.165, 1.54) is 37.8 Å². The van der Waals surface area contributed by atoms with Crippen LogP contribution in [0.2, 0.25) is 0 Å². The fraction of sp³-hybridized carbons (Fsp3) is 0.333. The highest BCUT2D eigenvalue weighted by Gasteiger charge is 2.21. The van der Waals surface area contributed by atoms with Gasteiger partial charge in [-0.05, 0) is 73.5 Å². The van der Waals surface area contributed by atoms with E-state index in [0.29, 0.717) is 17.7 Å². The van der Waals surface area contributed by atoms with Gasteiger partial charge in [0.2, 0.25) is 0 Å². The minimum atomic E-state index is -0.253. The number of aromatic nitrogens is 2. The van der Waals surface area contributed by atoms with Crippen molar-refractivity contribution < 1.29 is 4.39 Å². The summed E-state index contributed by atoms with van der Waals surface area (Å²) in [6.07, 6.45) is 8.58. The Morgan fingerprint density at radius 3 is 2.76 bits per heavy atom. The number of nitrogens with one attached hydrogen (secondary N) is 1. The van der Waals surface area contributed by atoms with Crippen LogP contribution >= 0.6 is 0 Å². The summed E-state index contributed by atoms with van der Waals surface area (Å²) in [6, 6.07) is 14.5. The third-order valence-corrected chi connectivity index (χ3v) is 5.68. The summed E-state index contributed by atoms with van der Waals surface area (Å²) in [7, 11) is 0. The molecule has 3 N–H and O–H groups in total. The fourth-order valence-electron chi connectivity index (χ4n) is 4.13. The molecule has 0 amide bonds. The number of nitrogens with two attached hydrogens (primary N) is 1. The molecule has 0 aliphatic heterocycles. The zero-order valence-corrected chi connectivity index (χ0v) is 16.5. The van der Waals surface area contributed by atoms with Crippen LogP contribution < -0.4 is 11.1 Å². The van der Waals surface area contributed by atoms with Crippen molar-refractivity contribution in [3.8, 4) is 0 Å². The number of benzene rings is 2. The molecule has 1 saturated carbocycles. The lowest BCUT2D eigenvalue weighted by Crippen LogP contribution is -2.26. The fourth-order valence-corrected chi connectivity index (χ4v) is 4.13. The van der Waals surface area contributed by atoms with Crippen LogP contribution in [0.15, 0.2) is 48.5 Å². The topological polar surface area (TPSA) is 63.8 Å². The number of para-hydroxylation sites is 1. The van der Waals surface area contributed by atoms with E-state index in [-0.39, 0.29) is 5.82 Å². The van der Waals surface area contributed by atoms with Crippen molar-refractivity contribution in [1.29, 1.82) is 0 Å². The largest absolute Gasteiger partial charge is 0.369 e. The molecule has 1 fully saturated rings. The van der Waals surface area contributed by atoms with E-state index in [2.05, 4.69) is 10.3 Å². The van der Waals surface area contributed by atoms with Crippen LogP contribution in [0.1, 0.15) is 37.1 Å². The number of anilines is 1. The Balaban J connectivity index is 1.56. The van der Waals surface area contributed by atoms with E-state index >= 15 is 0 Å². The van der Waals surface area contributed by atoms with Crippen LogP contribution in [-0.2, 0) is 0 Å². The summed E-state index contributed by atoms with van der Waals surface area (Å²) in [6.45, 7) is 1.67. The maximum Gasteiger partial charge on any atom is 0.154 e. The van der Waals surface area contributed by atoms with Crippen molar-refractivity contribution in [3.05, 3.63) is 65.7 Å². The third kappa shape index (κ3) is 4.98. The van der Waals surface area contributed by atoms with Crippen LogP contribution in [-0.4, -0.2) is 23.1 Å². The highest BCUT2D eigenvalue weighted by atomic mass is 19.1. The van der Waals surface area contributed by atoms with E-state index in [9.17, 15) is 4.39 Å². The predicted octanol–water partition coefficient (Wildman–Crippen LogP) is 5.12. The summed E-state index contributed by atoms with van der Waals surface area (Å²) < 4.78 is 13.4. The molecule has 1 aliphatic rings. The second-order valence-corrected chi connectivity index (χ2v) is 7.85. The molecular weight excluding hydrogens is 363 g/mol. The normalized spacial score (nSPS) is 19.7. The molecule has 1 aromatic heterocycles. The molecule has 2 unspecified atom stereocenters. The molecule has 4 nitrogen and oxygen atoms in total. The number of halogens is 1. The van der Waals surface area contributed by atoms with Gasteiger partial charge in [0.05, 0.1) is 5.52 Å². The Morgan fingerprint density at radius 1 is 1.03 bits per heavy atom. The molecule has 5 heteroatoms. The SMILES string of the molecule is NCC1CCCC(CNc2nc(C=Cc3cccc(F)c3)nc3ccccc23)C1. The Labute approximate surface area is 171 Å². The molecule has 1 aliphatic carbocycles. The van der Waals surface area contributed by atoms with Crippen LogP contribution in [0.4, 0.5) is 10.2 Å². The first-order valence-electron chi connectivity index (χ1n) is 10.4. The molecule has 4 rings (SSSR count). The second kappa shape index (κ2) is 9.14. The first-order chi connectivity index (χ1) is 14.2. The van der Waals surface area contributed by atoms with Crippen molar-refractivity contribution in [2.45, 2.75) is 25.7 Å². The number of hydrogen-bond donors (Lipinski definition) is 2. The quantitative estimate of drug-likeness (QED) is 0.613. The summed E-state index contributed by atoms with van der Waals surface area (Å²) in [4.78, 5) is 9.38. The minimum absolute atomic E-state index is 0.253. The van der Waals surface area contributed by atoms with Gasteiger partial charge < -0.3 is 11.1 Å². The average molecular weight is 391 g/mol. The van der Waals surface area contributed by atoms with Gasteiger partial charge in [0.25, 0.3) is 0 Å². The molecule has 2 atom stereocenters. The van der Waals surface area contributed by atoms with Gasteiger partial charge in [0, 0.05) is 11.9 Å². The Morgan fingerprint density at radius 2 is 1.90 bits per heavy atom. The molecule has 0 spiro atoms. The van der Waals surface area contributed by atoms with Crippen molar-refractivity contribution in [2.75, 3.05) is 18.4 Å². The van der Waals surface area contributed by atoms with Crippen molar-refractivity contribution >= 4 is 28.9 Å². The standard InChI is InChI=1S/C24H27FN4/c25-20-8-4-5-17(14-20)11-12-23-28-22-10-2-1-9-21(22)24(29-23)27-16-19-7-3-6-18(13-19)15-26/h1-2,4-5,8-12,14,18-19H,3,6-7,13,15-16,26H2,(H,27,28,29). The lowest BCUT2D eigenvalue weighted by molar-refractivity contribution is 0.281. The van der Waals surface area contributed by atoms with Crippen molar-refractivity contribution in [3.63, 3.8) is 0 Å².